The van der Waals surface area contributed by atoms with Gasteiger partial charge in [0.05, 0.1) is 13.5 Å². The molecule has 0 aliphatic carbocycles. The zero-order valence-electron chi connectivity index (χ0n) is 18.8. The second-order valence-electron chi connectivity index (χ2n) is 6.72. The maximum Gasteiger partial charge on any atom is 0.331 e. The van der Waals surface area contributed by atoms with Gasteiger partial charge in [-0.2, -0.15) is 0 Å². The number of hydrogen-bond donors (Lipinski definition) is 0. The molecule has 0 aliphatic heterocycles. The van der Waals surface area contributed by atoms with Crippen LogP contribution in [-0.2, 0) is 19.1 Å². The number of benzene rings is 2. The van der Waals surface area contributed by atoms with Crippen LogP contribution >= 0.6 is 11.8 Å². The third-order valence-electron chi connectivity index (χ3n) is 4.42. The lowest BCUT2D eigenvalue weighted by molar-refractivity contribution is -0.150. The van der Waals surface area contributed by atoms with Crippen LogP contribution in [0.1, 0.15) is 23.7 Å². The van der Waals surface area contributed by atoms with Gasteiger partial charge in [-0.15, -0.1) is 11.8 Å². The van der Waals surface area contributed by atoms with Crippen molar-refractivity contribution in [2.45, 2.75) is 17.4 Å². The van der Waals surface area contributed by atoms with Crippen molar-refractivity contribution in [2.24, 2.45) is 0 Å². The summed E-state index contributed by atoms with van der Waals surface area (Å²) in [4.78, 5) is 25.4. The molecule has 6 nitrogen and oxygen atoms in total. The predicted molar refractivity (Wildman–Crippen MR) is 131 cm³/mol. The molecule has 2 aromatic carbocycles. The Labute approximate surface area is 198 Å². The molecule has 0 aromatic heterocycles. The average molecular weight is 469 g/mol. The number of rotatable bonds is 13. The molecule has 0 spiro atoms. The summed E-state index contributed by atoms with van der Waals surface area (Å²) >= 11 is 1.60. The van der Waals surface area contributed by atoms with Gasteiger partial charge in [0.2, 0.25) is 0 Å². The van der Waals surface area contributed by atoms with E-state index in [1.165, 1.54) is 13.2 Å². The summed E-state index contributed by atoms with van der Waals surface area (Å²) in [5.41, 5.74) is 1.43. The van der Waals surface area contributed by atoms with Gasteiger partial charge in [0.25, 0.3) is 0 Å². The van der Waals surface area contributed by atoms with E-state index in [2.05, 4.69) is 13.2 Å². The van der Waals surface area contributed by atoms with Crippen LogP contribution in [0.3, 0.4) is 0 Å². The Bertz CT molecular complexity index is 981. The van der Waals surface area contributed by atoms with Crippen LogP contribution in [0.2, 0.25) is 0 Å². The van der Waals surface area contributed by atoms with Crippen molar-refractivity contribution >= 4 is 29.8 Å². The fraction of sp³-hybridized carbons (Fsp3) is 0.231. The molecule has 0 bridgehead atoms. The average Bonchev–Trinajstić information content (AvgIpc) is 2.84. The van der Waals surface area contributed by atoms with Crippen LogP contribution in [0.25, 0.3) is 6.08 Å². The molecular formula is C26H28O6S. The lowest BCUT2D eigenvalue weighted by Crippen LogP contribution is -2.15. The summed E-state index contributed by atoms with van der Waals surface area (Å²) in [6.07, 6.45) is 7.31. The number of hydrogen-bond acceptors (Lipinski definition) is 7. The highest BCUT2D eigenvalue weighted by Crippen LogP contribution is 2.29. The molecule has 2 aromatic rings. The molecule has 1 unspecified atom stereocenters. The zero-order valence-corrected chi connectivity index (χ0v) is 19.6. The van der Waals surface area contributed by atoms with Crippen molar-refractivity contribution in [3.63, 3.8) is 0 Å². The fourth-order valence-corrected chi connectivity index (χ4v) is 3.19. The number of thioether (sulfide) groups is 1. The molecule has 0 saturated carbocycles. The van der Waals surface area contributed by atoms with E-state index < -0.39 is 18.0 Å². The molecule has 2 rings (SSSR count). The van der Waals surface area contributed by atoms with Gasteiger partial charge in [0, 0.05) is 11.0 Å². The first-order valence-corrected chi connectivity index (χ1v) is 11.4. The fourth-order valence-electron chi connectivity index (χ4n) is 2.78. The Hall–Kier alpha value is -3.45. The first-order valence-electron chi connectivity index (χ1n) is 10.2. The van der Waals surface area contributed by atoms with E-state index in [9.17, 15) is 9.59 Å². The van der Waals surface area contributed by atoms with E-state index in [-0.39, 0.29) is 6.42 Å². The first-order chi connectivity index (χ1) is 16.0. The highest BCUT2D eigenvalue weighted by Gasteiger charge is 2.20. The Morgan fingerprint density at radius 3 is 2.27 bits per heavy atom. The molecule has 7 heteroatoms. The minimum absolute atomic E-state index is 0.0798. The maximum atomic E-state index is 12.5. The predicted octanol–water partition coefficient (Wildman–Crippen LogP) is 5.40. The minimum atomic E-state index is -0.758. The molecule has 1 atom stereocenters. The standard InChI is InChI=1S/C26H28O6S/c1-5-15-30-22-13-7-19(17-24(22)31-16-6-2)8-14-25(27)32-23(18-26(28)29-3)20-9-11-21(33-4)12-10-20/h5-14,17,23H,1-2,15-16,18H2,3-4H3/b14-8+. The third kappa shape index (κ3) is 8.54. The van der Waals surface area contributed by atoms with Crippen molar-refractivity contribution in [3.05, 3.63) is 85.0 Å². The van der Waals surface area contributed by atoms with Crippen LogP contribution in [0.5, 0.6) is 11.5 Å². The lowest BCUT2D eigenvalue weighted by Gasteiger charge is -2.16. The molecule has 0 amide bonds. The molecule has 33 heavy (non-hydrogen) atoms. The highest BCUT2D eigenvalue weighted by molar-refractivity contribution is 7.98. The van der Waals surface area contributed by atoms with Crippen molar-refractivity contribution in [1.82, 2.24) is 0 Å². The number of carbonyl (C=O) groups is 2. The van der Waals surface area contributed by atoms with Gasteiger partial charge in [-0.05, 0) is 47.7 Å². The summed E-state index contributed by atoms with van der Waals surface area (Å²) in [6, 6.07) is 12.8. The lowest BCUT2D eigenvalue weighted by atomic mass is 10.1. The Morgan fingerprint density at radius 1 is 1.00 bits per heavy atom. The van der Waals surface area contributed by atoms with E-state index in [1.54, 1.807) is 48.2 Å². The number of carbonyl (C=O) groups excluding carboxylic acids is 2. The zero-order chi connectivity index (χ0) is 24.1. The summed E-state index contributed by atoms with van der Waals surface area (Å²) in [6.45, 7) is 7.93. The van der Waals surface area contributed by atoms with E-state index in [4.69, 9.17) is 18.9 Å². The van der Waals surface area contributed by atoms with Crippen LogP contribution in [-0.4, -0.2) is 38.5 Å². The van der Waals surface area contributed by atoms with Crippen LogP contribution in [0, 0.1) is 0 Å². The Balaban J connectivity index is 2.15. The Kier molecular flexibility index (Phi) is 10.8. The van der Waals surface area contributed by atoms with Gasteiger partial charge in [-0.1, -0.05) is 43.5 Å². The monoisotopic (exact) mass is 468 g/mol. The topological polar surface area (TPSA) is 71.1 Å². The van der Waals surface area contributed by atoms with Crippen molar-refractivity contribution in [3.8, 4) is 11.5 Å². The van der Waals surface area contributed by atoms with Crippen molar-refractivity contribution in [2.75, 3.05) is 26.6 Å². The SMILES string of the molecule is C=CCOc1ccc(/C=C/C(=O)OC(CC(=O)OC)c2ccc(SC)cc2)cc1OCC=C. The van der Waals surface area contributed by atoms with Gasteiger partial charge >= 0.3 is 11.9 Å². The third-order valence-corrected chi connectivity index (χ3v) is 5.16. The van der Waals surface area contributed by atoms with Crippen LogP contribution < -0.4 is 9.47 Å². The molecule has 0 radical (unpaired) electrons. The largest absolute Gasteiger partial charge is 0.486 e. The molecule has 174 valence electrons. The van der Waals surface area contributed by atoms with E-state index in [0.29, 0.717) is 35.8 Å². The quantitative estimate of drug-likeness (QED) is 0.169. The number of methoxy groups -OCH3 is 1. The molecule has 0 aliphatic rings. The minimum Gasteiger partial charge on any atom is -0.486 e. The van der Waals surface area contributed by atoms with Gasteiger partial charge in [0.15, 0.2) is 11.5 Å². The second-order valence-corrected chi connectivity index (χ2v) is 7.60. The van der Waals surface area contributed by atoms with Gasteiger partial charge in [0.1, 0.15) is 19.3 Å². The van der Waals surface area contributed by atoms with Gasteiger partial charge in [-0.3, -0.25) is 4.79 Å². The summed E-state index contributed by atoms with van der Waals surface area (Å²) in [5.74, 6) is 0.0243. The molecule has 0 saturated heterocycles. The van der Waals surface area contributed by atoms with Gasteiger partial charge < -0.3 is 18.9 Å². The normalized spacial score (nSPS) is 11.5. The number of esters is 2. The highest BCUT2D eigenvalue weighted by atomic mass is 32.2. The van der Waals surface area contributed by atoms with E-state index in [1.807, 2.05) is 30.5 Å². The molecule has 0 fully saturated rings. The number of ether oxygens (including phenoxy) is 4. The van der Waals surface area contributed by atoms with Crippen LogP contribution in [0.15, 0.2) is 78.7 Å². The molecule has 0 heterocycles. The summed E-state index contributed by atoms with van der Waals surface area (Å²) in [7, 11) is 1.30. The van der Waals surface area contributed by atoms with Crippen LogP contribution in [0.4, 0.5) is 0 Å². The first kappa shape index (κ1) is 25.8. The smallest absolute Gasteiger partial charge is 0.331 e. The van der Waals surface area contributed by atoms with E-state index >= 15 is 0 Å². The van der Waals surface area contributed by atoms with Crippen molar-refractivity contribution < 1.29 is 28.5 Å². The second kappa shape index (κ2) is 13.9. The molecule has 0 N–H and O–H groups in total. The molecular weight excluding hydrogens is 440 g/mol. The van der Waals surface area contributed by atoms with E-state index in [0.717, 1.165) is 4.90 Å². The Morgan fingerprint density at radius 2 is 1.67 bits per heavy atom. The summed E-state index contributed by atoms with van der Waals surface area (Å²) in [5, 5.41) is 0. The maximum absolute atomic E-state index is 12.5. The summed E-state index contributed by atoms with van der Waals surface area (Å²) < 4.78 is 21.6. The van der Waals surface area contributed by atoms with Crippen molar-refractivity contribution in [1.29, 1.82) is 0 Å². The van der Waals surface area contributed by atoms with Gasteiger partial charge in [-0.25, -0.2) is 4.79 Å².